The van der Waals surface area contributed by atoms with Gasteiger partial charge >= 0.3 is 0 Å². The summed E-state index contributed by atoms with van der Waals surface area (Å²) in [7, 11) is 0. The summed E-state index contributed by atoms with van der Waals surface area (Å²) in [6.07, 6.45) is 4.28. The number of aromatic nitrogens is 2. The van der Waals surface area contributed by atoms with Crippen molar-refractivity contribution in [1.29, 1.82) is 0 Å². The molecule has 6 heteroatoms. The van der Waals surface area contributed by atoms with E-state index >= 15 is 0 Å². The number of aryl methyl sites for hydroxylation is 1. The molecular weight excluding hydrogens is 220 g/mol. The Hall–Kier alpha value is -2.37. The molecule has 88 valence electrons. The Bertz CT molecular complexity index is 562. The summed E-state index contributed by atoms with van der Waals surface area (Å²) in [6, 6.07) is 4.65. The van der Waals surface area contributed by atoms with Crippen molar-refractivity contribution in [2.75, 3.05) is 5.73 Å². The molecule has 0 fully saturated rings. The second-order valence-electron chi connectivity index (χ2n) is 3.57. The zero-order valence-electron chi connectivity index (χ0n) is 9.33. The Morgan fingerprint density at radius 1 is 1.53 bits per heavy atom. The van der Waals surface area contributed by atoms with Gasteiger partial charge in [0.1, 0.15) is 11.5 Å². The van der Waals surface area contributed by atoms with Crippen LogP contribution in [0.5, 0.6) is 0 Å². The van der Waals surface area contributed by atoms with Crippen LogP contribution in [0.25, 0.3) is 5.69 Å². The third kappa shape index (κ3) is 1.96. The van der Waals surface area contributed by atoms with E-state index in [1.165, 1.54) is 6.07 Å². The topological polar surface area (TPSA) is 87.0 Å². The van der Waals surface area contributed by atoms with Crippen molar-refractivity contribution in [3.8, 4) is 5.69 Å². The smallest absolute Gasteiger partial charge is 0.292 e. The molecule has 0 saturated carbocycles. The van der Waals surface area contributed by atoms with Gasteiger partial charge in [0, 0.05) is 30.6 Å². The normalized spacial score (nSPS) is 10.4. The van der Waals surface area contributed by atoms with Gasteiger partial charge in [0.2, 0.25) is 0 Å². The number of benzene rings is 1. The van der Waals surface area contributed by atoms with Gasteiger partial charge in [-0.15, -0.1) is 0 Å². The van der Waals surface area contributed by atoms with E-state index in [1.807, 2.05) is 11.5 Å². The van der Waals surface area contributed by atoms with Crippen LogP contribution >= 0.6 is 0 Å². The lowest BCUT2D eigenvalue weighted by Gasteiger charge is -2.07. The molecule has 1 aromatic carbocycles. The summed E-state index contributed by atoms with van der Waals surface area (Å²) in [5.41, 5.74) is 6.50. The van der Waals surface area contributed by atoms with Crippen molar-refractivity contribution >= 4 is 11.4 Å². The van der Waals surface area contributed by atoms with Crippen LogP contribution in [0.1, 0.15) is 12.7 Å². The second-order valence-corrected chi connectivity index (χ2v) is 3.57. The van der Waals surface area contributed by atoms with Crippen molar-refractivity contribution in [3.63, 3.8) is 0 Å². The Labute approximate surface area is 97.9 Å². The van der Waals surface area contributed by atoms with Crippen LogP contribution in [0.15, 0.2) is 30.6 Å². The van der Waals surface area contributed by atoms with E-state index in [4.69, 9.17) is 5.73 Å². The number of nitrogens with zero attached hydrogens (tertiary/aromatic N) is 3. The summed E-state index contributed by atoms with van der Waals surface area (Å²) in [5.74, 6) is 0.887. The maximum atomic E-state index is 10.6. The first kappa shape index (κ1) is 11.1. The highest BCUT2D eigenvalue weighted by Crippen LogP contribution is 2.24. The first-order valence-corrected chi connectivity index (χ1v) is 5.20. The van der Waals surface area contributed by atoms with Crippen LogP contribution in [-0.2, 0) is 6.42 Å². The van der Waals surface area contributed by atoms with E-state index in [0.29, 0.717) is 0 Å². The highest BCUT2D eigenvalue weighted by molar-refractivity contribution is 5.62. The molecule has 0 saturated heterocycles. The Morgan fingerprint density at radius 2 is 2.29 bits per heavy atom. The van der Waals surface area contributed by atoms with Gasteiger partial charge in [-0.3, -0.25) is 10.1 Å². The molecule has 2 rings (SSSR count). The van der Waals surface area contributed by atoms with Gasteiger partial charge in [-0.25, -0.2) is 4.98 Å². The number of nitrogen functional groups attached to an aromatic ring is 1. The first-order valence-electron chi connectivity index (χ1n) is 5.20. The zero-order valence-corrected chi connectivity index (χ0v) is 9.33. The van der Waals surface area contributed by atoms with E-state index in [2.05, 4.69) is 4.98 Å². The van der Waals surface area contributed by atoms with Crippen molar-refractivity contribution in [1.82, 2.24) is 9.55 Å². The standard InChI is InChI=1S/C11H12N4O2/c1-2-11-13-5-6-14(11)8-3-4-10(15(16)17)9(12)7-8/h3-7H,2,12H2,1H3. The molecule has 0 amide bonds. The Morgan fingerprint density at radius 3 is 2.88 bits per heavy atom. The molecule has 0 aliphatic carbocycles. The quantitative estimate of drug-likeness (QED) is 0.497. The van der Waals surface area contributed by atoms with Crippen LogP contribution in [0.4, 0.5) is 11.4 Å². The first-order chi connectivity index (χ1) is 8.13. The molecule has 0 aliphatic rings. The summed E-state index contributed by atoms with van der Waals surface area (Å²) < 4.78 is 1.86. The summed E-state index contributed by atoms with van der Waals surface area (Å²) >= 11 is 0. The summed E-state index contributed by atoms with van der Waals surface area (Å²) in [5, 5.41) is 10.6. The number of nitro benzene ring substituents is 1. The van der Waals surface area contributed by atoms with Gasteiger partial charge in [0.15, 0.2) is 0 Å². The molecule has 2 aromatic rings. The van der Waals surface area contributed by atoms with Gasteiger partial charge < -0.3 is 10.3 Å². The summed E-state index contributed by atoms with van der Waals surface area (Å²) in [6.45, 7) is 1.99. The third-order valence-electron chi connectivity index (χ3n) is 2.52. The molecule has 1 aromatic heterocycles. The molecule has 17 heavy (non-hydrogen) atoms. The van der Waals surface area contributed by atoms with E-state index in [0.717, 1.165) is 17.9 Å². The second kappa shape index (κ2) is 4.25. The molecule has 2 N–H and O–H groups in total. The average molecular weight is 232 g/mol. The van der Waals surface area contributed by atoms with Crippen molar-refractivity contribution in [3.05, 3.63) is 46.5 Å². The largest absolute Gasteiger partial charge is 0.393 e. The lowest BCUT2D eigenvalue weighted by atomic mass is 10.2. The lowest BCUT2D eigenvalue weighted by molar-refractivity contribution is -0.383. The van der Waals surface area contributed by atoms with Crippen LogP contribution in [-0.4, -0.2) is 14.5 Å². The van der Waals surface area contributed by atoms with Gasteiger partial charge in [-0.05, 0) is 12.1 Å². The molecule has 1 heterocycles. The van der Waals surface area contributed by atoms with Crippen LogP contribution in [0.3, 0.4) is 0 Å². The van der Waals surface area contributed by atoms with Gasteiger partial charge in [0.25, 0.3) is 5.69 Å². The molecule has 0 bridgehead atoms. The zero-order chi connectivity index (χ0) is 12.4. The van der Waals surface area contributed by atoms with Crippen LogP contribution in [0, 0.1) is 10.1 Å². The molecular formula is C11H12N4O2. The SMILES string of the molecule is CCc1nccn1-c1ccc([N+](=O)[O-])c(N)c1. The predicted octanol–water partition coefficient (Wildman–Crippen LogP) is 1.93. The predicted molar refractivity (Wildman–Crippen MR) is 64.0 cm³/mol. The fraction of sp³-hybridized carbons (Fsp3) is 0.182. The van der Waals surface area contributed by atoms with Crippen LogP contribution < -0.4 is 5.73 Å². The van der Waals surface area contributed by atoms with E-state index in [9.17, 15) is 10.1 Å². The number of hydrogen-bond acceptors (Lipinski definition) is 4. The van der Waals surface area contributed by atoms with Crippen molar-refractivity contribution < 1.29 is 4.92 Å². The van der Waals surface area contributed by atoms with Crippen LogP contribution in [0.2, 0.25) is 0 Å². The van der Waals surface area contributed by atoms with Gasteiger partial charge in [-0.1, -0.05) is 6.92 Å². The molecule has 0 radical (unpaired) electrons. The monoisotopic (exact) mass is 232 g/mol. The highest BCUT2D eigenvalue weighted by Gasteiger charge is 2.12. The van der Waals surface area contributed by atoms with E-state index in [-0.39, 0.29) is 11.4 Å². The number of imidazole rings is 1. The molecule has 6 nitrogen and oxygen atoms in total. The van der Waals surface area contributed by atoms with Crippen molar-refractivity contribution in [2.45, 2.75) is 13.3 Å². The Kier molecular flexibility index (Phi) is 2.78. The fourth-order valence-electron chi connectivity index (χ4n) is 1.69. The highest BCUT2D eigenvalue weighted by atomic mass is 16.6. The maximum Gasteiger partial charge on any atom is 0.292 e. The van der Waals surface area contributed by atoms with Crippen molar-refractivity contribution in [2.24, 2.45) is 0 Å². The molecule has 0 unspecified atom stereocenters. The maximum absolute atomic E-state index is 10.6. The summed E-state index contributed by atoms with van der Waals surface area (Å²) in [4.78, 5) is 14.3. The fourth-order valence-corrected chi connectivity index (χ4v) is 1.69. The number of rotatable bonds is 3. The van der Waals surface area contributed by atoms with Gasteiger partial charge in [0.05, 0.1) is 4.92 Å². The van der Waals surface area contributed by atoms with E-state index < -0.39 is 4.92 Å². The number of anilines is 1. The minimum atomic E-state index is -0.492. The minimum absolute atomic E-state index is 0.0769. The third-order valence-corrected chi connectivity index (χ3v) is 2.52. The van der Waals surface area contributed by atoms with Gasteiger partial charge in [-0.2, -0.15) is 0 Å². The number of nitro groups is 1. The average Bonchev–Trinajstić information content (AvgIpc) is 2.76. The molecule has 0 aliphatic heterocycles. The molecule has 0 atom stereocenters. The Balaban J connectivity index is 2.48. The number of nitrogens with two attached hydrogens (primary N) is 1. The number of hydrogen-bond donors (Lipinski definition) is 1. The lowest BCUT2D eigenvalue weighted by Crippen LogP contribution is -2.01. The van der Waals surface area contributed by atoms with E-state index in [1.54, 1.807) is 24.5 Å². The molecule has 0 spiro atoms. The minimum Gasteiger partial charge on any atom is -0.393 e.